The molecule has 0 heterocycles. The maximum Gasteiger partial charge on any atom is 2.00 e. The zero-order valence-corrected chi connectivity index (χ0v) is 14.1. The summed E-state index contributed by atoms with van der Waals surface area (Å²) >= 11 is 0. The third kappa shape index (κ3) is 462. The number of carbonyl (C=O) groups is 1. The zero-order chi connectivity index (χ0) is 17.2. The maximum atomic E-state index is 8.33. The predicted octanol–water partition coefficient (Wildman–Crippen LogP) is -6.70. The third-order valence-electron chi connectivity index (χ3n) is 0.516. The summed E-state index contributed by atoms with van der Waals surface area (Å²) in [5.74, 6) is 0. The van der Waals surface area contributed by atoms with Crippen molar-refractivity contribution in [3.8, 4) is 0 Å². The summed E-state index contributed by atoms with van der Waals surface area (Å²) in [7, 11) is 0. The second-order valence-electron chi connectivity index (χ2n) is 2.30. The number of aliphatic hydroxyl groups excluding tert-OH is 4. The molecule has 12 N–H and O–H groups in total. The standard InChI is InChI=1S/4C2H7NO.CH2O3.Pt/c4*3-1-2-4;2-1(3)4;/h4*4H,1-3H2;(H2,2,3,4);/q;;;;;+2/p-2. The molecular weight excluding hydrogens is 471 g/mol. The van der Waals surface area contributed by atoms with Gasteiger partial charge in [0.15, 0.2) is 0 Å². The molecule has 0 saturated carbocycles. The van der Waals surface area contributed by atoms with E-state index in [9.17, 15) is 0 Å². The summed E-state index contributed by atoms with van der Waals surface area (Å²) in [4.78, 5) is 8.33. The van der Waals surface area contributed by atoms with E-state index in [-0.39, 0.29) is 47.5 Å². The first-order valence-corrected chi connectivity index (χ1v) is 5.51. The molecule has 0 aliphatic carbocycles. The largest absolute Gasteiger partial charge is 2.00 e. The van der Waals surface area contributed by atoms with E-state index in [4.69, 9.17) is 58.4 Å². The van der Waals surface area contributed by atoms with Crippen LogP contribution in [-0.4, -0.2) is 79.2 Å². The molecule has 0 atom stereocenters. The Kier molecular flexibility index (Phi) is 107. The number of hydrogen-bond acceptors (Lipinski definition) is 11. The normalized spacial score (nSPS) is 6.86. The summed E-state index contributed by atoms with van der Waals surface area (Å²) in [6.45, 7) is 1.89. The Bertz CT molecular complexity index is 111. The van der Waals surface area contributed by atoms with Crippen LogP contribution in [0.2, 0.25) is 0 Å². The molecule has 0 fully saturated rings. The van der Waals surface area contributed by atoms with Crippen LogP contribution in [0.25, 0.3) is 0 Å². The van der Waals surface area contributed by atoms with Gasteiger partial charge in [-0.05, 0) is 6.16 Å². The molecule has 0 aromatic rings. The second kappa shape index (κ2) is 60.3. The van der Waals surface area contributed by atoms with Crippen molar-refractivity contribution in [3.63, 3.8) is 0 Å². The minimum absolute atomic E-state index is 0. The summed E-state index contributed by atoms with van der Waals surface area (Å²) in [5.41, 5.74) is 19.1. The van der Waals surface area contributed by atoms with Crippen molar-refractivity contribution >= 4 is 6.16 Å². The second-order valence-corrected chi connectivity index (χ2v) is 2.30. The Morgan fingerprint density at radius 1 is 0.667 bits per heavy atom. The Balaban J connectivity index is -0.0000000331. The molecule has 0 rings (SSSR count). The van der Waals surface area contributed by atoms with Gasteiger partial charge in [-0.15, -0.1) is 0 Å². The average Bonchev–Trinajstić information content (AvgIpc) is 2.47. The minimum Gasteiger partial charge on any atom is -0.652 e. The Labute approximate surface area is 138 Å². The number of rotatable bonds is 4. The van der Waals surface area contributed by atoms with E-state index in [1.165, 1.54) is 0 Å². The van der Waals surface area contributed by atoms with Gasteiger partial charge in [-0.1, -0.05) is 0 Å². The molecule has 0 aliphatic rings. The Hall–Kier alpha value is -0.362. The molecule has 0 radical (unpaired) electrons. The van der Waals surface area contributed by atoms with Crippen molar-refractivity contribution in [2.75, 3.05) is 52.6 Å². The first kappa shape index (κ1) is 37.1. The van der Waals surface area contributed by atoms with Gasteiger partial charge in [0.05, 0.1) is 26.4 Å². The molecule has 0 bridgehead atoms. The van der Waals surface area contributed by atoms with Gasteiger partial charge in [0.2, 0.25) is 0 Å². The molecule has 0 amide bonds. The third-order valence-corrected chi connectivity index (χ3v) is 0.516. The summed E-state index contributed by atoms with van der Waals surface area (Å²) in [6, 6.07) is 0. The van der Waals surface area contributed by atoms with E-state index in [2.05, 4.69) is 0 Å². The van der Waals surface area contributed by atoms with Gasteiger partial charge in [0, 0.05) is 26.2 Å². The van der Waals surface area contributed by atoms with Gasteiger partial charge in [-0.25, -0.2) is 0 Å². The van der Waals surface area contributed by atoms with Crippen LogP contribution in [0.5, 0.6) is 0 Å². The zero-order valence-electron chi connectivity index (χ0n) is 11.8. The summed E-state index contributed by atoms with van der Waals surface area (Å²) < 4.78 is 0. The van der Waals surface area contributed by atoms with Crippen LogP contribution in [0, 0.1) is 0 Å². The Morgan fingerprint density at radius 2 is 0.714 bits per heavy atom. The molecular formula is C9H28N4O7Pt. The van der Waals surface area contributed by atoms with Crippen LogP contribution in [0.3, 0.4) is 0 Å². The minimum atomic E-state index is -2.33. The van der Waals surface area contributed by atoms with Gasteiger partial charge in [-0.2, -0.15) is 0 Å². The van der Waals surface area contributed by atoms with Crippen molar-refractivity contribution in [3.05, 3.63) is 0 Å². The van der Waals surface area contributed by atoms with Crippen LogP contribution < -0.4 is 33.1 Å². The van der Waals surface area contributed by atoms with Crippen LogP contribution in [0.4, 0.5) is 4.79 Å². The molecule has 0 spiro atoms. The van der Waals surface area contributed by atoms with Crippen molar-refractivity contribution in [1.82, 2.24) is 0 Å². The molecule has 21 heavy (non-hydrogen) atoms. The van der Waals surface area contributed by atoms with Crippen molar-refractivity contribution in [2.45, 2.75) is 0 Å². The van der Waals surface area contributed by atoms with Gasteiger partial charge in [0.1, 0.15) is 0 Å². The molecule has 11 nitrogen and oxygen atoms in total. The number of hydrogen-bond donors (Lipinski definition) is 8. The number of carboxylic acid groups (broad SMARTS) is 2. The van der Waals surface area contributed by atoms with Gasteiger partial charge in [0.25, 0.3) is 0 Å². The number of aliphatic hydroxyl groups is 4. The molecule has 12 heteroatoms. The smallest absolute Gasteiger partial charge is 0.652 e. The molecule has 0 aliphatic heterocycles. The quantitative estimate of drug-likeness (QED) is 0.180. The van der Waals surface area contributed by atoms with Crippen LogP contribution >= 0.6 is 0 Å². The monoisotopic (exact) mass is 499 g/mol. The van der Waals surface area contributed by atoms with Crippen LogP contribution in [-0.2, 0) is 21.1 Å². The van der Waals surface area contributed by atoms with Gasteiger partial charge in [-0.3, -0.25) is 0 Å². The van der Waals surface area contributed by atoms with Gasteiger partial charge < -0.3 is 58.4 Å². The SMILES string of the molecule is NCCO.NCCO.NCCO.NCCO.O=C([O-])[O-].[Pt+2]. The van der Waals surface area contributed by atoms with Crippen LogP contribution in [0.1, 0.15) is 0 Å². The van der Waals surface area contributed by atoms with E-state index in [0.29, 0.717) is 26.2 Å². The predicted molar refractivity (Wildman–Crippen MR) is 70.0 cm³/mol. The fraction of sp³-hybridized carbons (Fsp3) is 0.889. The van der Waals surface area contributed by atoms with Crippen LogP contribution in [0.15, 0.2) is 0 Å². The van der Waals surface area contributed by atoms with E-state index < -0.39 is 6.16 Å². The van der Waals surface area contributed by atoms with Crippen molar-refractivity contribution in [1.29, 1.82) is 0 Å². The number of nitrogens with two attached hydrogens (primary N) is 4. The van der Waals surface area contributed by atoms with E-state index in [1.807, 2.05) is 0 Å². The van der Waals surface area contributed by atoms with E-state index in [0.717, 1.165) is 0 Å². The Morgan fingerprint density at radius 3 is 0.714 bits per heavy atom. The fourth-order valence-electron chi connectivity index (χ4n) is 0. The molecule has 0 aromatic heterocycles. The number of carbonyl (C=O) groups excluding carboxylic acids is 1. The molecule has 0 unspecified atom stereocenters. The summed E-state index contributed by atoms with van der Waals surface area (Å²) in [6.07, 6.45) is -2.33. The first-order chi connectivity index (χ1) is 9.39. The van der Waals surface area contributed by atoms with E-state index in [1.54, 1.807) is 0 Å². The molecule has 136 valence electrons. The van der Waals surface area contributed by atoms with Crippen molar-refractivity contribution in [2.24, 2.45) is 22.9 Å². The fourth-order valence-corrected chi connectivity index (χ4v) is 0. The van der Waals surface area contributed by atoms with Crippen molar-refractivity contribution < 1.29 is 56.5 Å². The first-order valence-electron chi connectivity index (χ1n) is 5.51. The van der Waals surface area contributed by atoms with Gasteiger partial charge >= 0.3 is 21.1 Å². The van der Waals surface area contributed by atoms with E-state index >= 15 is 0 Å². The average molecular weight is 499 g/mol. The molecule has 0 saturated heterocycles. The maximum absolute atomic E-state index is 8.33. The summed E-state index contributed by atoms with van der Waals surface area (Å²) in [5, 5.41) is 47.7. The molecule has 0 aromatic carbocycles. The topological polar surface area (TPSA) is 248 Å².